The second-order valence-corrected chi connectivity index (χ2v) is 6.73. The Balaban J connectivity index is 1.60. The summed E-state index contributed by atoms with van der Waals surface area (Å²) in [6.07, 6.45) is 2.72. The molecule has 6 nitrogen and oxygen atoms in total. The maximum absolute atomic E-state index is 13.8. The summed E-state index contributed by atoms with van der Waals surface area (Å²) in [4.78, 5) is 24.3. The summed E-state index contributed by atoms with van der Waals surface area (Å²) in [5, 5.41) is 9.26. The molecule has 0 aliphatic heterocycles. The van der Waals surface area contributed by atoms with Gasteiger partial charge >= 0.3 is 0 Å². The summed E-state index contributed by atoms with van der Waals surface area (Å²) in [6, 6.07) is 11.6. The number of para-hydroxylation sites is 1. The first kappa shape index (κ1) is 18.8. The molecular formula is C19H16BrFN4O2. The molecule has 3 rings (SSSR count). The fourth-order valence-electron chi connectivity index (χ4n) is 2.40. The lowest BCUT2D eigenvalue weighted by Crippen LogP contribution is -2.32. The van der Waals surface area contributed by atoms with Crippen molar-refractivity contribution >= 4 is 33.4 Å². The summed E-state index contributed by atoms with van der Waals surface area (Å²) in [5.41, 5.74) is 2.03. The topological polar surface area (TPSA) is 76.0 Å². The summed E-state index contributed by atoms with van der Waals surface area (Å²) in [7, 11) is 0. The Hall–Kier alpha value is -3.00. The van der Waals surface area contributed by atoms with Crippen LogP contribution in [0.25, 0.3) is 5.69 Å². The van der Waals surface area contributed by atoms with Gasteiger partial charge in [-0.15, -0.1) is 0 Å². The molecule has 138 valence electrons. The Morgan fingerprint density at radius 1 is 1.22 bits per heavy atom. The molecule has 0 unspecified atom stereocenters. The van der Waals surface area contributed by atoms with E-state index in [2.05, 4.69) is 31.7 Å². The van der Waals surface area contributed by atoms with Crippen molar-refractivity contribution < 1.29 is 14.0 Å². The fraction of sp³-hybridized carbons (Fsp3) is 0.105. The Morgan fingerprint density at radius 2 is 2.00 bits per heavy atom. The minimum absolute atomic E-state index is 0.199. The number of carbonyl (C=O) groups is 2. The van der Waals surface area contributed by atoms with Crippen molar-refractivity contribution in [3.63, 3.8) is 0 Å². The second kappa shape index (κ2) is 8.13. The van der Waals surface area contributed by atoms with Crippen LogP contribution < -0.4 is 10.6 Å². The smallest absolute Gasteiger partial charge is 0.254 e. The van der Waals surface area contributed by atoms with Crippen LogP contribution in [0.2, 0.25) is 0 Å². The third kappa shape index (κ3) is 4.59. The molecule has 27 heavy (non-hydrogen) atoms. The molecule has 1 heterocycles. The van der Waals surface area contributed by atoms with Crippen LogP contribution in [-0.2, 0) is 4.79 Å². The van der Waals surface area contributed by atoms with Gasteiger partial charge in [-0.2, -0.15) is 5.10 Å². The Labute approximate surface area is 163 Å². The predicted octanol–water partition coefficient (Wildman–Crippen LogP) is 3.45. The van der Waals surface area contributed by atoms with Crippen molar-refractivity contribution in [2.75, 3.05) is 11.9 Å². The van der Waals surface area contributed by atoms with Crippen LogP contribution >= 0.6 is 15.9 Å². The van der Waals surface area contributed by atoms with E-state index in [0.717, 1.165) is 10.0 Å². The number of halogens is 2. The van der Waals surface area contributed by atoms with Crippen LogP contribution in [0.4, 0.5) is 10.1 Å². The van der Waals surface area contributed by atoms with Crippen LogP contribution in [0.3, 0.4) is 0 Å². The Morgan fingerprint density at radius 3 is 2.78 bits per heavy atom. The first-order chi connectivity index (χ1) is 12.9. The molecule has 2 amide bonds. The largest absolute Gasteiger partial charge is 0.343 e. The van der Waals surface area contributed by atoms with Gasteiger partial charge in [-0.3, -0.25) is 9.59 Å². The van der Waals surface area contributed by atoms with E-state index in [-0.39, 0.29) is 23.7 Å². The van der Waals surface area contributed by atoms with E-state index < -0.39 is 11.7 Å². The molecule has 0 fully saturated rings. The lowest BCUT2D eigenvalue weighted by Gasteiger charge is -2.09. The number of aryl methyl sites for hydroxylation is 1. The van der Waals surface area contributed by atoms with Crippen molar-refractivity contribution in [1.82, 2.24) is 15.1 Å². The zero-order valence-electron chi connectivity index (χ0n) is 14.4. The average molecular weight is 431 g/mol. The molecule has 0 radical (unpaired) electrons. The third-order valence-electron chi connectivity index (χ3n) is 3.83. The Kier molecular flexibility index (Phi) is 5.66. The van der Waals surface area contributed by atoms with E-state index >= 15 is 0 Å². The van der Waals surface area contributed by atoms with Gasteiger partial charge in [-0.25, -0.2) is 9.07 Å². The van der Waals surface area contributed by atoms with Gasteiger partial charge in [0.05, 0.1) is 18.3 Å². The number of hydrogen-bond donors (Lipinski definition) is 2. The highest BCUT2D eigenvalue weighted by Gasteiger charge is 2.13. The third-order valence-corrected chi connectivity index (χ3v) is 4.32. The highest BCUT2D eigenvalue weighted by Crippen LogP contribution is 2.20. The van der Waals surface area contributed by atoms with Crippen molar-refractivity contribution in [2.45, 2.75) is 6.92 Å². The zero-order valence-corrected chi connectivity index (χ0v) is 16.0. The maximum atomic E-state index is 13.8. The number of anilines is 1. The van der Waals surface area contributed by atoms with Gasteiger partial charge in [0, 0.05) is 16.4 Å². The quantitative estimate of drug-likeness (QED) is 0.650. The number of rotatable bonds is 5. The minimum atomic E-state index is -0.473. The number of hydrogen-bond acceptors (Lipinski definition) is 3. The van der Waals surface area contributed by atoms with E-state index in [4.69, 9.17) is 0 Å². The van der Waals surface area contributed by atoms with Gasteiger partial charge in [0.25, 0.3) is 5.91 Å². The predicted molar refractivity (Wildman–Crippen MR) is 103 cm³/mol. The molecule has 0 aliphatic rings. The highest BCUT2D eigenvalue weighted by molar-refractivity contribution is 9.10. The summed E-state index contributed by atoms with van der Waals surface area (Å²) >= 11 is 3.35. The van der Waals surface area contributed by atoms with E-state index in [1.54, 1.807) is 24.3 Å². The normalized spacial score (nSPS) is 10.5. The van der Waals surface area contributed by atoms with Crippen LogP contribution in [0.5, 0.6) is 0 Å². The highest BCUT2D eigenvalue weighted by atomic mass is 79.9. The van der Waals surface area contributed by atoms with Crippen LogP contribution in [-0.4, -0.2) is 28.1 Å². The molecule has 3 aromatic rings. The monoisotopic (exact) mass is 430 g/mol. The van der Waals surface area contributed by atoms with Crippen molar-refractivity contribution in [2.24, 2.45) is 0 Å². The van der Waals surface area contributed by atoms with Gasteiger partial charge < -0.3 is 10.6 Å². The van der Waals surface area contributed by atoms with E-state index in [0.29, 0.717) is 5.69 Å². The number of aromatic nitrogens is 2. The maximum Gasteiger partial charge on any atom is 0.254 e. The molecule has 0 saturated carbocycles. The first-order valence-electron chi connectivity index (χ1n) is 8.08. The van der Waals surface area contributed by atoms with Crippen molar-refractivity contribution in [3.05, 3.63) is 76.3 Å². The van der Waals surface area contributed by atoms with Gasteiger partial charge in [0.15, 0.2) is 0 Å². The molecular weight excluding hydrogens is 415 g/mol. The SMILES string of the molecule is Cc1ccc(Br)cc1NC(=O)CNC(=O)c1cnn(-c2ccccc2F)c1. The first-order valence-corrected chi connectivity index (χ1v) is 8.87. The molecule has 1 aromatic heterocycles. The summed E-state index contributed by atoms with van der Waals surface area (Å²) in [5.74, 6) is -1.28. The number of benzene rings is 2. The number of amides is 2. The average Bonchev–Trinajstić information content (AvgIpc) is 3.13. The number of nitrogens with one attached hydrogen (secondary N) is 2. The molecule has 0 bridgehead atoms. The number of carbonyl (C=O) groups excluding carboxylic acids is 2. The van der Waals surface area contributed by atoms with Crippen LogP contribution in [0.1, 0.15) is 15.9 Å². The van der Waals surface area contributed by atoms with Crippen LogP contribution in [0.15, 0.2) is 59.3 Å². The standard InChI is InChI=1S/C19H16BrFN4O2/c1-12-6-7-14(20)8-16(12)24-18(26)10-22-19(27)13-9-23-25(11-13)17-5-3-2-4-15(17)21/h2-9,11H,10H2,1H3,(H,22,27)(H,24,26). The molecule has 2 aromatic carbocycles. The lowest BCUT2D eigenvalue weighted by atomic mass is 10.2. The molecule has 2 N–H and O–H groups in total. The molecule has 0 atom stereocenters. The molecule has 0 aliphatic carbocycles. The van der Waals surface area contributed by atoms with Gasteiger partial charge in [0.2, 0.25) is 5.91 Å². The van der Waals surface area contributed by atoms with Gasteiger partial charge in [-0.05, 0) is 36.8 Å². The Bertz CT molecular complexity index is 1000. The van der Waals surface area contributed by atoms with Crippen LogP contribution in [0, 0.1) is 12.7 Å². The summed E-state index contributed by atoms with van der Waals surface area (Å²) < 4.78 is 15.9. The van der Waals surface area contributed by atoms with Gasteiger partial charge in [-0.1, -0.05) is 34.1 Å². The van der Waals surface area contributed by atoms with Crippen molar-refractivity contribution in [3.8, 4) is 5.69 Å². The fourth-order valence-corrected chi connectivity index (χ4v) is 2.76. The second-order valence-electron chi connectivity index (χ2n) is 5.82. The lowest BCUT2D eigenvalue weighted by molar-refractivity contribution is -0.115. The number of nitrogens with zero attached hydrogens (tertiary/aromatic N) is 2. The summed E-state index contributed by atoms with van der Waals surface area (Å²) in [6.45, 7) is 1.67. The van der Waals surface area contributed by atoms with Crippen molar-refractivity contribution in [1.29, 1.82) is 0 Å². The van der Waals surface area contributed by atoms with E-state index in [1.807, 2.05) is 19.1 Å². The molecule has 0 spiro atoms. The minimum Gasteiger partial charge on any atom is -0.343 e. The molecule has 8 heteroatoms. The molecule has 0 saturated heterocycles. The van der Waals surface area contributed by atoms with E-state index in [1.165, 1.54) is 23.1 Å². The zero-order chi connectivity index (χ0) is 19.4. The van der Waals surface area contributed by atoms with Gasteiger partial charge in [0.1, 0.15) is 11.5 Å². The van der Waals surface area contributed by atoms with E-state index in [9.17, 15) is 14.0 Å².